The van der Waals surface area contributed by atoms with Crippen molar-refractivity contribution in [3.63, 3.8) is 0 Å². The third-order valence-corrected chi connectivity index (χ3v) is 3.93. The van der Waals surface area contributed by atoms with Crippen molar-refractivity contribution < 1.29 is 14.3 Å². The van der Waals surface area contributed by atoms with Crippen molar-refractivity contribution in [3.8, 4) is 11.5 Å². The van der Waals surface area contributed by atoms with Gasteiger partial charge in [0, 0.05) is 18.8 Å². The number of carbonyl (C=O) groups excluding carboxylic acids is 1. The Morgan fingerprint density at radius 2 is 1.92 bits per heavy atom. The van der Waals surface area contributed by atoms with Gasteiger partial charge in [0.25, 0.3) is 5.91 Å². The van der Waals surface area contributed by atoms with Crippen LogP contribution in [0.5, 0.6) is 11.5 Å². The van der Waals surface area contributed by atoms with Gasteiger partial charge in [0.2, 0.25) is 0 Å². The van der Waals surface area contributed by atoms with Gasteiger partial charge in [-0.25, -0.2) is 4.98 Å². The van der Waals surface area contributed by atoms with Crippen LogP contribution in [-0.2, 0) is 6.54 Å². The Bertz CT molecular complexity index is 702. The van der Waals surface area contributed by atoms with Gasteiger partial charge in [-0.2, -0.15) is 0 Å². The van der Waals surface area contributed by atoms with E-state index in [2.05, 4.69) is 29.5 Å². The lowest BCUT2D eigenvalue weighted by atomic mass is 10.2. The van der Waals surface area contributed by atoms with E-state index >= 15 is 0 Å². The van der Waals surface area contributed by atoms with Crippen LogP contribution in [0, 0.1) is 0 Å². The second kappa shape index (κ2) is 8.92. The summed E-state index contributed by atoms with van der Waals surface area (Å²) in [6.07, 6.45) is 2.59. The number of nitrogens with one attached hydrogen (secondary N) is 2. The van der Waals surface area contributed by atoms with Crippen molar-refractivity contribution in [2.45, 2.75) is 32.9 Å². The maximum atomic E-state index is 12.3. The lowest BCUT2D eigenvalue weighted by Crippen LogP contribution is -2.23. The summed E-state index contributed by atoms with van der Waals surface area (Å²) >= 11 is 0. The highest BCUT2D eigenvalue weighted by Crippen LogP contribution is 2.27. The van der Waals surface area contributed by atoms with Gasteiger partial charge in [-0.1, -0.05) is 13.0 Å². The molecule has 1 heterocycles. The first-order chi connectivity index (χ1) is 12.1. The molecular formula is C19H25N3O3. The molecule has 0 aliphatic rings. The van der Waals surface area contributed by atoms with Crippen molar-refractivity contribution in [3.05, 3.63) is 47.7 Å². The molecule has 6 heteroatoms. The quantitative estimate of drug-likeness (QED) is 0.770. The predicted molar refractivity (Wildman–Crippen MR) is 98.3 cm³/mol. The maximum Gasteiger partial charge on any atom is 0.253 e. The number of benzene rings is 1. The minimum absolute atomic E-state index is 0.169. The van der Waals surface area contributed by atoms with E-state index in [0.29, 0.717) is 29.6 Å². The summed E-state index contributed by atoms with van der Waals surface area (Å²) in [5, 5.41) is 6.15. The van der Waals surface area contributed by atoms with E-state index in [1.54, 1.807) is 26.5 Å². The van der Waals surface area contributed by atoms with E-state index < -0.39 is 0 Å². The van der Waals surface area contributed by atoms with Crippen LogP contribution in [-0.4, -0.2) is 31.2 Å². The number of nitrogens with zero attached hydrogens (tertiary/aromatic N) is 1. The number of hydrogen-bond acceptors (Lipinski definition) is 5. The van der Waals surface area contributed by atoms with E-state index in [4.69, 9.17) is 9.47 Å². The van der Waals surface area contributed by atoms with E-state index in [1.807, 2.05) is 24.3 Å². The number of pyridine rings is 1. The van der Waals surface area contributed by atoms with Crippen LogP contribution >= 0.6 is 0 Å². The molecule has 25 heavy (non-hydrogen) atoms. The molecule has 1 aromatic heterocycles. The fraction of sp³-hybridized carbons (Fsp3) is 0.368. The molecule has 0 saturated carbocycles. The number of anilines is 1. The summed E-state index contributed by atoms with van der Waals surface area (Å²) in [5.74, 6) is 1.89. The Labute approximate surface area is 148 Å². The third kappa shape index (κ3) is 5.11. The molecule has 134 valence electrons. The first kappa shape index (κ1) is 18.6. The zero-order chi connectivity index (χ0) is 18.2. The monoisotopic (exact) mass is 343 g/mol. The van der Waals surface area contributed by atoms with Gasteiger partial charge in [0.1, 0.15) is 5.82 Å². The molecule has 0 radical (unpaired) electrons. The molecule has 2 rings (SSSR count). The van der Waals surface area contributed by atoms with Crippen LogP contribution < -0.4 is 20.1 Å². The molecule has 0 aliphatic heterocycles. The highest BCUT2D eigenvalue weighted by molar-refractivity contribution is 5.94. The van der Waals surface area contributed by atoms with Gasteiger partial charge in [0.15, 0.2) is 11.5 Å². The summed E-state index contributed by atoms with van der Waals surface area (Å²) in [6.45, 7) is 4.59. The summed E-state index contributed by atoms with van der Waals surface area (Å²) in [5.41, 5.74) is 1.45. The lowest BCUT2D eigenvalue weighted by molar-refractivity contribution is 0.0950. The largest absolute Gasteiger partial charge is 0.493 e. The molecule has 0 aliphatic carbocycles. The number of hydrogen-bond donors (Lipinski definition) is 2. The van der Waals surface area contributed by atoms with Gasteiger partial charge in [-0.3, -0.25) is 4.79 Å². The van der Waals surface area contributed by atoms with Crippen molar-refractivity contribution in [2.75, 3.05) is 19.5 Å². The van der Waals surface area contributed by atoms with E-state index in [0.717, 1.165) is 17.8 Å². The highest BCUT2D eigenvalue weighted by Gasteiger charge is 2.09. The molecule has 1 atom stereocenters. The van der Waals surface area contributed by atoms with Gasteiger partial charge in [-0.05, 0) is 43.2 Å². The number of ether oxygens (including phenoxy) is 2. The van der Waals surface area contributed by atoms with Crippen molar-refractivity contribution in [1.29, 1.82) is 0 Å². The van der Waals surface area contributed by atoms with E-state index in [-0.39, 0.29) is 5.91 Å². The second-order valence-corrected chi connectivity index (χ2v) is 5.76. The first-order valence-electron chi connectivity index (χ1n) is 8.29. The summed E-state index contributed by atoms with van der Waals surface area (Å²) in [4.78, 5) is 16.5. The van der Waals surface area contributed by atoms with Gasteiger partial charge >= 0.3 is 0 Å². The fourth-order valence-electron chi connectivity index (χ4n) is 2.24. The number of methoxy groups -OCH3 is 2. The van der Waals surface area contributed by atoms with Gasteiger partial charge in [0.05, 0.1) is 19.8 Å². The molecular weight excluding hydrogens is 318 g/mol. The Morgan fingerprint density at radius 3 is 2.52 bits per heavy atom. The lowest BCUT2D eigenvalue weighted by Gasteiger charge is -2.12. The van der Waals surface area contributed by atoms with E-state index in [1.165, 1.54) is 0 Å². The van der Waals surface area contributed by atoms with Crippen LogP contribution in [0.4, 0.5) is 5.82 Å². The van der Waals surface area contributed by atoms with Crippen molar-refractivity contribution in [1.82, 2.24) is 10.3 Å². The normalized spacial score (nSPS) is 11.5. The van der Waals surface area contributed by atoms with E-state index in [9.17, 15) is 4.79 Å². The Hall–Kier alpha value is -2.76. The molecule has 6 nitrogen and oxygen atoms in total. The molecule has 1 aromatic carbocycles. The van der Waals surface area contributed by atoms with Crippen molar-refractivity contribution in [2.24, 2.45) is 0 Å². The average Bonchev–Trinajstić information content (AvgIpc) is 2.66. The Kier molecular flexibility index (Phi) is 6.62. The fourth-order valence-corrected chi connectivity index (χ4v) is 2.24. The smallest absolute Gasteiger partial charge is 0.253 e. The molecule has 0 fully saturated rings. The molecule has 2 aromatic rings. The summed E-state index contributed by atoms with van der Waals surface area (Å²) in [6, 6.07) is 9.48. The average molecular weight is 343 g/mol. The second-order valence-electron chi connectivity index (χ2n) is 5.76. The van der Waals surface area contributed by atoms with Gasteiger partial charge < -0.3 is 20.1 Å². The zero-order valence-electron chi connectivity index (χ0n) is 15.1. The molecule has 2 N–H and O–H groups in total. The third-order valence-electron chi connectivity index (χ3n) is 3.93. The first-order valence-corrected chi connectivity index (χ1v) is 8.29. The molecule has 1 unspecified atom stereocenters. The number of amides is 1. The Balaban J connectivity index is 1.96. The molecule has 0 bridgehead atoms. The molecule has 1 amide bonds. The van der Waals surface area contributed by atoms with Crippen LogP contribution in [0.3, 0.4) is 0 Å². The van der Waals surface area contributed by atoms with Gasteiger partial charge in [-0.15, -0.1) is 0 Å². The van der Waals surface area contributed by atoms with Crippen molar-refractivity contribution >= 4 is 11.7 Å². The topological polar surface area (TPSA) is 72.5 Å². The minimum atomic E-state index is -0.169. The van der Waals surface area contributed by atoms with Crippen LogP contribution in [0.15, 0.2) is 36.5 Å². The molecule has 0 spiro atoms. The number of aromatic nitrogens is 1. The SMILES string of the molecule is CCC(C)Nc1ccc(C(=O)NCc2ccc(OC)c(OC)c2)cn1. The zero-order valence-corrected chi connectivity index (χ0v) is 15.1. The predicted octanol–water partition coefficient (Wildman–Crippen LogP) is 3.24. The standard InChI is InChI=1S/C19H25N3O3/c1-5-13(2)22-18-9-7-15(12-20-18)19(23)21-11-14-6-8-16(24-3)17(10-14)25-4/h6-10,12-13H,5,11H2,1-4H3,(H,20,22)(H,21,23). The number of rotatable bonds is 8. The molecule has 0 saturated heterocycles. The van der Waals surface area contributed by atoms with Crippen LogP contribution in [0.25, 0.3) is 0 Å². The maximum absolute atomic E-state index is 12.3. The van der Waals surface area contributed by atoms with Crippen LogP contribution in [0.1, 0.15) is 36.2 Å². The Morgan fingerprint density at radius 1 is 1.16 bits per heavy atom. The van der Waals surface area contributed by atoms with Crippen LogP contribution in [0.2, 0.25) is 0 Å². The minimum Gasteiger partial charge on any atom is -0.493 e. The summed E-state index contributed by atoms with van der Waals surface area (Å²) < 4.78 is 10.5. The number of carbonyl (C=O) groups is 1. The summed E-state index contributed by atoms with van der Waals surface area (Å²) in [7, 11) is 3.17. The highest BCUT2D eigenvalue weighted by atomic mass is 16.5.